The van der Waals surface area contributed by atoms with E-state index < -0.39 is 17.8 Å². The molecule has 176 valence electrons. The van der Waals surface area contributed by atoms with E-state index in [9.17, 15) is 18.8 Å². The fourth-order valence-electron chi connectivity index (χ4n) is 3.76. The van der Waals surface area contributed by atoms with Gasteiger partial charge in [-0.05, 0) is 26.2 Å². The first kappa shape index (κ1) is 21.7. The zero-order valence-electron chi connectivity index (χ0n) is 18.3. The molecule has 2 N–H and O–H groups in total. The molecule has 3 aromatic heterocycles. The fourth-order valence-corrected chi connectivity index (χ4v) is 3.76. The number of aromatic nitrogens is 4. The highest BCUT2D eigenvalue weighted by Gasteiger charge is 2.34. The van der Waals surface area contributed by atoms with Gasteiger partial charge in [0, 0.05) is 31.5 Å². The predicted octanol–water partition coefficient (Wildman–Crippen LogP) is 2.07. The van der Waals surface area contributed by atoms with Crippen molar-refractivity contribution >= 4 is 35.1 Å². The number of fused-ring (bicyclic) bond motifs is 1. The highest BCUT2D eigenvalue weighted by atomic mass is 19.1. The number of nitrogens with one attached hydrogen (secondary N) is 2. The molecule has 1 atom stereocenters. The van der Waals surface area contributed by atoms with Gasteiger partial charge >= 0.3 is 6.09 Å². The molecule has 0 spiro atoms. The topological polar surface area (TPSA) is 131 Å². The summed E-state index contributed by atoms with van der Waals surface area (Å²) in [6.07, 6.45) is 7.60. The number of amides is 3. The molecule has 1 saturated heterocycles. The van der Waals surface area contributed by atoms with Gasteiger partial charge in [0.25, 0.3) is 5.91 Å². The molecule has 2 aliphatic rings. The zero-order valence-corrected chi connectivity index (χ0v) is 18.3. The normalized spacial score (nSPS) is 17.8. The van der Waals surface area contributed by atoms with Crippen LogP contribution in [0.25, 0.3) is 5.65 Å². The maximum Gasteiger partial charge on any atom is 0.407 e. The molecule has 4 heterocycles. The van der Waals surface area contributed by atoms with Crippen LogP contribution in [0.15, 0.2) is 30.9 Å². The van der Waals surface area contributed by atoms with Crippen molar-refractivity contribution in [2.24, 2.45) is 5.92 Å². The summed E-state index contributed by atoms with van der Waals surface area (Å²) in [5.74, 6) is -1.39. The number of carbonyl (C=O) groups is 3. The fraction of sp³-hybridized carbons (Fsp3) is 0.364. The highest BCUT2D eigenvalue weighted by Crippen LogP contribution is 2.25. The van der Waals surface area contributed by atoms with Crippen molar-refractivity contribution in [3.63, 3.8) is 0 Å². The number of hydrogen-bond donors (Lipinski definition) is 2. The van der Waals surface area contributed by atoms with Crippen molar-refractivity contribution < 1.29 is 23.5 Å². The predicted molar refractivity (Wildman–Crippen MR) is 118 cm³/mol. The Kier molecular flexibility index (Phi) is 5.56. The quantitative estimate of drug-likeness (QED) is 0.567. The summed E-state index contributed by atoms with van der Waals surface area (Å²) in [6, 6.07) is 1.18. The molecule has 3 aromatic rings. The Morgan fingerprint density at radius 3 is 2.76 bits per heavy atom. The van der Waals surface area contributed by atoms with E-state index in [1.54, 1.807) is 19.3 Å². The summed E-state index contributed by atoms with van der Waals surface area (Å²) in [5, 5.41) is 5.22. The maximum absolute atomic E-state index is 14.2. The summed E-state index contributed by atoms with van der Waals surface area (Å²) in [4.78, 5) is 50.8. The summed E-state index contributed by atoms with van der Waals surface area (Å²) in [6.45, 7) is 2.35. The van der Waals surface area contributed by atoms with E-state index in [-0.39, 0.29) is 41.5 Å². The van der Waals surface area contributed by atoms with E-state index in [1.807, 2.05) is 0 Å². The minimum absolute atomic E-state index is 0.00112. The Balaban J connectivity index is 1.20. The molecular formula is C22H22FN7O4. The lowest BCUT2D eigenvalue weighted by Gasteiger charge is -2.16. The number of hydrogen-bond acceptors (Lipinski definition) is 7. The van der Waals surface area contributed by atoms with Crippen LogP contribution in [0.5, 0.6) is 0 Å². The number of pyridine rings is 1. The molecular weight excluding hydrogens is 445 g/mol. The Labute approximate surface area is 193 Å². The number of halogens is 1. The van der Waals surface area contributed by atoms with Crippen molar-refractivity contribution in [2.45, 2.75) is 32.3 Å². The third-order valence-electron chi connectivity index (χ3n) is 5.64. The number of alkyl carbamates (subject to hydrolysis) is 1. The number of nitrogens with zero attached hydrogens (tertiary/aromatic N) is 5. The van der Waals surface area contributed by atoms with Crippen LogP contribution < -0.4 is 15.5 Å². The number of imidazole rings is 1. The van der Waals surface area contributed by atoms with Crippen LogP contribution in [-0.4, -0.2) is 56.5 Å². The Bertz CT molecular complexity index is 1270. The van der Waals surface area contributed by atoms with Crippen LogP contribution >= 0.6 is 0 Å². The van der Waals surface area contributed by atoms with Gasteiger partial charge in [0.15, 0.2) is 17.3 Å². The maximum atomic E-state index is 14.2. The first-order chi connectivity index (χ1) is 16.4. The van der Waals surface area contributed by atoms with Crippen LogP contribution in [0, 0.1) is 18.7 Å². The lowest BCUT2D eigenvalue weighted by Crippen LogP contribution is -2.35. The van der Waals surface area contributed by atoms with Crippen LogP contribution in [-0.2, 0) is 9.53 Å². The van der Waals surface area contributed by atoms with Crippen molar-refractivity contribution in [3.05, 3.63) is 48.1 Å². The van der Waals surface area contributed by atoms with Gasteiger partial charge in [-0.3, -0.25) is 14.5 Å². The Hall–Kier alpha value is -4.09. The van der Waals surface area contributed by atoms with Crippen LogP contribution in [0.4, 0.5) is 20.7 Å². The second-order valence-corrected chi connectivity index (χ2v) is 8.36. The molecule has 3 amide bonds. The molecule has 12 heteroatoms. The number of ether oxygens (including phenoxy) is 1. The molecule has 0 radical (unpaired) electrons. The van der Waals surface area contributed by atoms with Gasteiger partial charge < -0.3 is 19.8 Å². The SMILES string of the molecule is Cc1cn2cc(NC(=O)c3cnc(N4CCC(CNC(=O)OC5CC5)C4=O)cn3)cc(F)c2n1. The van der Waals surface area contributed by atoms with Crippen LogP contribution in [0.1, 0.15) is 35.4 Å². The van der Waals surface area contributed by atoms with Gasteiger partial charge in [-0.1, -0.05) is 0 Å². The lowest BCUT2D eigenvalue weighted by atomic mass is 10.1. The molecule has 1 aliphatic heterocycles. The summed E-state index contributed by atoms with van der Waals surface area (Å²) in [7, 11) is 0. The molecule has 34 heavy (non-hydrogen) atoms. The molecule has 2 fully saturated rings. The standard InChI is InChI=1S/C22H22FN7O4/c1-12-10-29-11-14(6-16(23)19(29)27-12)28-20(31)17-8-25-18(9-24-17)30-5-4-13(21(30)32)7-26-22(33)34-15-2-3-15/h6,8-11,13,15H,2-5,7H2,1H3,(H,26,33)(H,28,31). The largest absolute Gasteiger partial charge is 0.446 e. The van der Waals surface area contributed by atoms with Gasteiger partial charge in [0.1, 0.15) is 11.8 Å². The summed E-state index contributed by atoms with van der Waals surface area (Å²) >= 11 is 0. The summed E-state index contributed by atoms with van der Waals surface area (Å²) < 4.78 is 20.8. The third-order valence-corrected chi connectivity index (χ3v) is 5.64. The monoisotopic (exact) mass is 467 g/mol. The number of rotatable bonds is 6. The van der Waals surface area contributed by atoms with Gasteiger partial charge in [-0.15, -0.1) is 0 Å². The first-order valence-electron chi connectivity index (χ1n) is 10.9. The van der Waals surface area contributed by atoms with Crippen molar-refractivity contribution in [2.75, 3.05) is 23.3 Å². The first-order valence-corrected chi connectivity index (χ1v) is 10.9. The molecule has 11 nitrogen and oxygen atoms in total. The molecule has 0 aromatic carbocycles. The number of anilines is 2. The molecule has 1 aliphatic carbocycles. The average Bonchev–Trinajstić information content (AvgIpc) is 3.42. The van der Waals surface area contributed by atoms with Crippen molar-refractivity contribution in [1.29, 1.82) is 0 Å². The van der Waals surface area contributed by atoms with Gasteiger partial charge in [-0.2, -0.15) is 0 Å². The van der Waals surface area contributed by atoms with Crippen molar-refractivity contribution in [3.8, 4) is 0 Å². The third kappa shape index (κ3) is 4.51. The van der Waals surface area contributed by atoms with E-state index in [0.29, 0.717) is 24.5 Å². The van der Waals surface area contributed by atoms with E-state index in [1.165, 1.54) is 27.8 Å². The second-order valence-electron chi connectivity index (χ2n) is 8.36. The van der Waals surface area contributed by atoms with E-state index in [2.05, 4.69) is 25.6 Å². The van der Waals surface area contributed by atoms with Gasteiger partial charge in [-0.25, -0.2) is 24.1 Å². The van der Waals surface area contributed by atoms with Crippen LogP contribution in [0.3, 0.4) is 0 Å². The molecule has 1 saturated carbocycles. The zero-order chi connectivity index (χ0) is 23.8. The second kappa shape index (κ2) is 8.69. The van der Waals surface area contributed by atoms with Gasteiger partial charge in [0.2, 0.25) is 5.91 Å². The number of carbonyl (C=O) groups excluding carboxylic acids is 3. The average molecular weight is 467 g/mol. The van der Waals surface area contributed by atoms with Crippen molar-refractivity contribution in [1.82, 2.24) is 24.7 Å². The number of aryl methyl sites for hydroxylation is 1. The Morgan fingerprint density at radius 1 is 1.21 bits per heavy atom. The van der Waals surface area contributed by atoms with E-state index in [4.69, 9.17) is 4.74 Å². The highest BCUT2D eigenvalue weighted by molar-refractivity contribution is 6.03. The molecule has 5 rings (SSSR count). The van der Waals surface area contributed by atoms with E-state index >= 15 is 0 Å². The van der Waals surface area contributed by atoms with Crippen LogP contribution in [0.2, 0.25) is 0 Å². The summed E-state index contributed by atoms with van der Waals surface area (Å²) in [5.41, 5.74) is 1.07. The smallest absolute Gasteiger partial charge is 0.407 e. The minimum atomic E-state index is -0.571. The van der Waals surface area contributed by atoms with E-state index in [0.717, 1.165) is 12.8 Å². The Morgan fingerprint density at radius 2 is 2.03 bits per heavy atom. The minimum Gasteiger partial charge on any atom is -0.446 e. The lowest BCUT2D eigenvalue weighted by molar-refractivity contribution is -0.120. The molecule has 1 unspecified atom stereocenters. The van der Waals surface area contributed by atoms with Gasteiger partial charge in [0.05, 0.1) is 29.7 Å². The molecule has 0 bridgehead atoms.